The minimum absolute atomic E-state index is 0.0275. The number of alkyl halides is 1. The topological polar surface area (TPSA) is 29.1 Å². The van der Waals surface area contributed by atoms with E-state index in [9.17, 15) is 4.79 Å². The van der Waals surface area contributed by atoms with Gasteiger partial charge in [0.1, 0.15) is 0 Å². The summed E-state index contributed by atoms with van der Waals surface area (Å²) in [4.78, 5) is 12.5. The number of amides is 1. The van der Waals surface area contributed by atoms with Crippen molar-refractivity contribution in [1.82, 2.24) is 5.32 Å². The maximum Gasteiger partial charge on any atom is 0.261 e. The molecule has 2 nitrogen and oxygen atoms in total. The average molecular weight is 311 g/mol. The lowest BCUT2D eigenvalue weighted by molar-refractivity contribution is 0.0944. The first-order valence-corrected chi connectivity index (χ1v) is 6.67. The van der Waals surface area contributed by atoms with Crippen molar-refractivity contribution in [2.24, 2.45) is 0 Å². The Kier molecular flexibility index (Phi) is 4.62. The van der Waals surface area contributed by atoms with Crippen LogP contribution in [0.4, 0.5) is 0 Å². The van der Waals surface area contributed by atoms with Crippen molar-refractivity contribution in [2.45, 2.75) is 32.2 Å². The first-order valence-electron chi connectivity index (χ1n) is 4.62. The Hall–Kier alpha value is -0.0600. The van der Waals surface area contributed by atoms with E-state index in [1.807, 2.05) is 26.8 Å². The van der Waals surface area contributed by atoms with E-state index in [1.165, 1.54) is 11.3 Å². The number of carbonyl (C=O) groups is 1. The van der Waals surface area contributed by atoms with Crippen LogP contribution in [0.1, 0.15) is 29.1 Å². The van der Waals surface area contributed by atoms with Crippen LogP contribution in [0.25, 0.3) is 0 Å². The minimum Gasteiger partial charge on any atom is -0.347 e. The molecule has 0 radical (unpaired) electrons. The Bertz CT molecular complexity index is 345. The Morgan fingerprint density at radius 3 is 2.60 bits per heavy atom. The fourth-order valence-corrected chi connectivity index (χ4v) is 2.47. The molecule has 1 aromatic heterocycles. The smallest absolute Gasteiger partial charge is 0.261 e. The van der Waals surface area contributed by atoms with E-state index in [2.05, 4.69) is 21.2 Å². The van der Waals surface area contributed by atoms with Crippen LogP contribution in [0.3, 0.4) is 0 Å². The van der Waals surface area contributed by atoms with Gasteiger partial charge in [-0.1, -0.05) is 0 Å². The zero-order valence-corrected chi connectivity index (χ0v) is 12.0. The van der Waals surface area contributed by atoms with E-state index >= 15 is 0 Å². The van der Waals surface area contributed by atoms with E-state index in [-0.39, 0.29) is 17.3 Å². The van der Waals surface area contributed by atoms with Crippen LogP contribution < -0.4 is 5.32 Å². The van der Waals surface area contributed by atoms with Gasteiger partial charge in [-0.3, -0.25) is 4.79 Å². The maximum absolute atomic E-state index is 11.7. The van der Waals surface area contributed by atoms with Gasteiger partial charge in [0.25, 0.3) is 5.91 Å². The first kappa shape index (κ1) is 13.0. The molecule has 1 N–H and O–H groups in total. The highest BCUT2D eigenvalue weighted by atomic mass is 79.9. The third-order valence-electron chi connectivity index (χ3n) is 2.13. The second-order valence-corrected chi connectivity index (χ2v) is 6.57. The third-order valence-corrected chi connectivity index (χ3v) is 4.64. The van der Waals surface area contributed by atoms with Crippen molar-refractivity contribution in [3.63, 3.8) is 0 Å². The van der Waals surface area contributed by atoms with Crippen molar-refractivity contribution < 1.29 is 4.79 Å². The quantitative estimate of drug-likeness (QED) is 0.850. The predicted octanol–water partition coefficient (Wildman–Crippen LogP) is 3.56. The second-order valence-electron chi connectivity index (χ2n) is 3.51. The van der Waals surface area contributed by atoms with E-state index in [0.29, 0.717) is 4.88 Å². The van der Waals surface area contributed by atoms with E-state index in [0.717, 1.165) is 9.35 Å². The molecule has 0 aliphatic rings. The molecule has 2 atom stereocenters. The van der Waals surface area contributed by atoms with Crippen LogP contribution in [-0.4, -0.2) is 17.3 Å². The van der Waals surface area contributed by atoms with Gasteiger partial charge < -0.3 is 5.32 Å². The lowest BCUT2D eigenvalue weighted by atomic mass is 10.2. The summed E-state index contributed by atoms with van der Waals surface area (Å²) in [5, 5.41) is 2.78. The molecule has 1 rings (SSSR count). The minimum atomic E-state index is -0.0709. The zero-order chi connectivity index (χ0) is 11.6. The van der Waals surface area contributed by atoms with Crippen molar-refractivity contribution in [1.29, 1.82) is 0 Å². The lowest BCUT2D eigenvalue weighted by Gasteiger charge is -2.14. The summed E-state index contributed by atoms with van der Waals surface area (Å²) in [5.41, 5.74) is 1.08. The second kappa shape index (κ2) is 5.32. The van der Waals surface area contributed by atoms with E-state index in [1.54, 1.807) is 0 Å². The molecule has 0 saturated heterocycles. The lowest BCUT2D eigenvalue weighted by Crippen LogP contribution is -2.37. The summed E-state index contributed by atoms with van der Waals surface area (Å²) in [6, 6.07) is 1.84. The van der Waals surface area contributed by atoms with Crippen LogP contribution in [0.2, 0.25) is 0 Å². The summed E-state index contributed by atoms with van der Waals surface area (Å²) >= 11 is 10.7. The van der Waals surface area contributed by atoms with Crippen molar-refractivity contribution in [3.05, 3.63) is 20.3 Å². The van der Waals surface area contributed by atoms with E-state index in [4.69, 9.17) is 11.6 Å². The first-order chi connectivity index (χ1) is 6.91. The molecule has 1 amide bonds. The normalized spacial score (nSPS) is 14.7. The molecule has 0 aliphatic heterocycles. The van der Waals surface area contributed by atoms with Crippen LogP contribution in [0.15, 0.2) is 9.85 Å². The summed E-state index contributed by atoms with van der Waals surface area (Å²) in [5.74, 6) is -0.0613. The summed E-state index contributed by atoms with van der Waals surface area (Å²) in [6.45, 7) is 5.72. The Labute approximate surface area is 107 Å². The number of nitrogens with one attached hydrogen (secondary N) is 1. The number of hydrogen-bond acceptors (Lipinski definition) is 2. The number of halogens is 2. The summed E-state index contributed by atoms with van der Waals surface area (Å²) < 4.78 is 0.999. The summed E-state index contributed by atoms with van der Waals surface area (Å²) in [7, 11) is 0. The van der Waals surface area contributed by atoms with Gasteiger partial charge in [-0.15, -0.1) is 22.9 Å². The highest BCUT2D eigenvalue weighted by Gasteiger charge is 2.16. The van der Waals surface area contributed by atoms with Gasteiger partial charge in [0, 0.05) is 6.04 Å². The molecule has 0 spiro atoms. The maximum atomic E-state index is 11.7. The molecule has 0 aromatic carbocycles. The van der Waals surface area contributed by atoms with Gasteiger partial charge in [-0.25, -0.2) is 0 Å². The standard InChI is InChI=1S/C10H13BrClNOS/c1-5-4-8(15-9(5)11)10(14)13-7(3)6(2)12/h4,6-7H,1-3H3,(H,13,14). The fourth-order valence-electron chi connectivity index (χ4n) is 0.965. The van der Waals surface area contributed by atoms with E-state index < -0.39 is 0 Å². The highest BCUT2D eigenvalue weighted by Crippen LogP contribution is 2.27. The highest BCUT2D eigenvalue weighted by molar-refractivity contribution is 9.11. The molecule has 0 aliphatic carbocycles. The molecule has 0 bridgehead atoms. The molecule has 1 aromatic rings. The zero-order valence-electron chi connectivity index (χ0n) is 8.80. The van der Waals surface area contributed by atoms with Crippen LogP contribution in [-0.2, 0) is 0 Å². The molecule has 84 valence electrons. The van der Waals surface area contributed by atoms with Crippen LogP contribution in [0, 0.1) is 6.92 Å². The molecule has 2 unspecified atom stereocenters. The van der Waals surface area contributed by atoms with Gasteiger partial charge in [-0.05, 0) is 48.3 Å². The van der Waals surface area contributed by atoms with Crippen molar-refractivity contribution >= 4 is 44.8 Å². The SMILES string of the molecule is Cc1cc(C(=O)NC(C)C(C)Cl)sc1Br. The fraction of sp³-hybridized carbons (Fsp3) is 0.500. The number of rotatable bonds is 3. The molecule has 0 saturated carbocycles. The van der Waals surface area contributed by atoms with Crippen LogP contribution in [0.5, 0.6) is 0 Å². The molecular weight excluding hydrogens is 298 g/mol. The largest absolute Gasteiger partial charge is 0.347 e. The van der Waals surface area contributed by atoms with Crippen LogP contribution >= 0.6 is 38.9 Å². The average Bonchev–Trinajstić information content (AvgIpc) is 2.46. The number of carbonyl (C=O) groups excluding carboxylic acids is 1. The van der Waals surface area contributed by atoms with Gasteiger partial charge in [0.15, 0.2) is 0 Å². The van der Waals surface area contributed by atoms with Gasteiger partial charge in [0.2, 0.25) is 0 Å². The number of aryl methyl sites for hydroxylation is 1. The molecule has 1 heterocycles. The Morgan fingerprint density at radius 2 is 2.20 bits per heavy atom. The van der Waals surface area contributed by atoms with Gasteiger partial charge >= 0.3 is 0 Å². The van der Waals surface area contributed by atoms with Gasteiger partial charge in [-0.2, -0.15) is 0 Å². The predicted molar refractivity (Wildman–Crippen MR) is 69.0 cm³/mol. The molecular formula is C10H13BrClNOS. The summed E-state index contributed by atoms with van der Waals surface area (Å²) in [6.07, 6.45) is 0. The monoisotopic (exact) mass is 309 g/mol. The molecule has 0 fully saturated rings. The van der Waals surface area contributed by atoms with Gasteiger partial charge in [0.05, 0.1) is 14.0 Å². The van der Waals surface area contributed by atoms with Crippen molar-refractivity contribution in [2.75, 3.05) is 0 Å². The van der Waals surface area contributed by atoms with Crippen molar-refractivity contribution in [3.8, 4) is 0 Å². The molecule has 5 heteroatoms. The number of thiophene rings is 1. The Balaban J connectivity index is 2.69. The number of hydrogen-bond donors (Lipinski definition) is 1. The Morgan fingerprint density at radius 1 is 1.60 bits per heavy atom. The third kappa shape index (κ3) is 3.47. The molecule has 15 heavy (non-hydrogen) atoms.